The smallest absolute Gasteiger partial charge is 0.431 e. The number of nitro benzene ring substituents is 1. The standard InChI is InChI=1S/C19H18BrF3N2O7/c1-9-13(17(26)27)14(15(18(28)29)16(24-9)19(21,22)23)11-8-10(25(30)31)4-5-12(11)32-7-3-2-6-20/h4-5,8,14,24H,2-3,6-7H2,1H3,(H,26,27)(H,28,29). The number of nitro groups is 1. The maximum atomic E-state index is 13.6. The molecule has 2 rings (SSSR count). The highest BCUT2D eigenvalue weighted by molar-refractivity contribution is 9.09. The number of nitrogens with one attached hydrogen (secondary N) is 1. The summed E-state index contributed by atoms with van der Waals surface area (Å²) >= 11 is 3.23. The van der Waals surface area contributed by atoms with E-state index in [1.807, 2.05) is 5.32 Å². The van der Waals surface area contributed by atoms with E-state index in [0.717, 1.165) is 25.1 Å². The Morgan fingerprint density at radius 2 is 1.84 bits per heavy atom. The number of unbranched alkanes of at least 4 members (excludes halogenated alkanes) is 1. The first kappa shape index (κ1) is 25.2. The second kappa shape index (κ2) is 10.0. The Morgan fingerprint density at radius 1 is 1.22 bits per heavy atom. The molecule has 0 aliphatic carbocycles. The van der Waals surface area contributed by atoms with Crippen molar-refractivity contribution < 1.29 is 42.6 Å². The molecule has 1 aliphatic rings. The number of alkyl halides is 4. The summed E-state index contributed by atoms with van der Waals surface area (Å²) in [5, 5.41) is 33.0. The van der Waals surface area contributed by atoms with Crippen LogP contribution >= 0.6 is 15.9 Å². The first-order chi connectivity index (χ1) is 14.9. The van der Waals surface area contributed by atoms with Crippen molar-refractivity contribution in [1.29, 1.82) is 0 Å². The number of hydrogen-bond donors (Lipinski definition) is 3. The van der Waals surface area contributed by atoms with Gasteiger partial charge in [-0.2, -0.15) is 13.2 Å². The molecule has 0 radical (unpaired) electrons. The highest BCUT2D eigenvalue weighted by Crippen LogP contribution is 2.46. The predicted molar refractivity (Wildman–Crippen MR) is 109 cm³/mol. The Hall–Kier alpha value is -3.09. The van der Waals surface area contributed by atoms with E-state index < -0.39 is 57.2 Å². The Balaban J connectivity index is 2.82. The first-order valence-electron chi connectivity index (χ1n) is 9.13. The molecular formula is C19H18BrF3N2O7. The van der Waals surface area contributed by atoms with Gasteiger partial charge >= 0.3 is 18.1 Å². The maximum absolute atomic E-state index is 13.6. The van der Waals surface area contributed by atoms with E-state index in [0.29, 0.717) is 18.2 Å². The maximum Gasteiger partial charge on any atom is 0.431 e. The topological polar surface area (TPSA) is 139 Å². The van der Waals surface area contributed by atoms with Crippen molar-refractivity contribution in [2.45, 2.75) is 31.9 Å². The summed E-state index contributed by atoms with van der Waals surface area (Å²) in [5.41, 5.74) is -5.03. The fourth-order valence-corrected chi connectivity index (χ4v) is 3.66. The van der Waals surface area contributed by atoms with Gasteiger partial charge in [0.1, 0.15) is 11.4 Å². The van der Waals surface area contributed by atoms with E-state index in [9.17, 15) is 43.1 Å². The minimum absolute atomic E-state index is 0.0741. The molecule has 9 nitrogen and oxygen atoms in total. The molecule has 0 saturated carbocycles. The number of allylic oxidation sites excluding steroid dienone is 2. The number of rotatable bonds is 9. The third-order valence-corrected chi connectivity index (χ3v) is 5.17. The number of carboxylic acids is 2. The van der Waals surface area contributed by atoms with Crippen LogP contribution in [0.4, 0.5) is 18.9 Å². The number of carbonyl (C=O) groups is 2. The number of non-ortho nitro benzene ring substituents is 1. The van der Waals surface area contributed by atoms with Crippen molar-refractivity contribution in [2.75, 3.05) is 11.9 Å². The Labute approximate surface area is 187 Å². The van der Waals surface area contributed by atoms with Crippen LogP contribution in [0.3, 0.4) is 0 Å². The number of halogens is 4. The summed E-state index contributed by atoms with van der Waals surface area (Å²) in [6.07, 6.45) is -3.95. The molecule has 1 aromatic carbocycles. The van der Waals surface area contributed by atoms with Crippen LogP contribution in [-0.4, -0.2) is 45.2 Å². The zero-order valence-electron chi connectivity index (χ0n) is 16.5. The van der Waals surface area contributed by atoms with Crippen LogP contribution in [0.2, 0.25) is 0 Å². The van der Waals surface area contributed by atoms with Gasteiger partial charge in [0, 0.05) is 28.7 Å². The molecule has 1 unspecified atom stereocenters. The van der Waals surface area contributed by atoms with E-state index in [-0.39, 0.29) is 17.9 Å². The number of aliphatic carboxylic acids is 2. The molecule has 0 fully saturated rings. The molecule has 1 atom stereocenters. The van der Waals surface area contributed by atoms with Crippen LogP contribution in [0.5, 0.6) is 5.75 Å². The average molecular weight is 523 g/mol. The predicted octanol–water partition coefficient (Wildman–Crippen LogP) is 4.10. The van der Waals surface area contributed by atoms with Crippen LogP contribution in [0.15, 0.2) is 40.7 Å². The largest absolute Gasteiger partial charge is 0.493 e. The van der Waals surface area contributed by atoms with Crippen LogP contribution in [0, 0.1) is 10.1 Å². The van der Waals surface area contributed by atoms with Crippen molar-refractivity contribution in [3.8, 4) is 5.75 Å². The van der Waals surface area contributed by atoms with E-state index in [1.54, 1.807) is 0 Å². The number of ether oxygens (including phenoxy) is 1. The van der Waals surface area contributed by atoms with Gasteiger partial charge in [-0.05, 0) is 25.8 Å². The summed E-state index contributed by atoms with van der Waals surface area (Å²) < 4.78 is 46.5. The third kappa shape index (κ3) is 5.39. The zero-order valence-corrected chi connectivity index (χ0v) is 18.1. The minimum atomic E-state index is -5.16. The molecule has 13 heteroatoms. The van der Waals surface area contributed by atoms with Gasteiger partial charge in [-0.3, -0.25) is 10.1 Å². The summed E-state index contributed by atoms with van der Waals surface area (Å²) in [7, 11) is 0. The minimum Gasteiger partial charge on any atom is -0.493 e. The van der Waals surface area contributed by atoms with Gasteiger partial charge in [0.15, 0.2) is 0 Å². The monoisotopic (exact) mass is 522 g/mol. The Bertz CT molecular complexity index is 1010. The zero-order chi connectivity index (χ0) is 24.2. The molecule has 32 heavy (non-hydrogen) atoms. The SMILES string of the molecule is CC1=C(C(=O)O)C(c2cc([N+](=O)[O-])ccc2OCCCCBr)C(C(=O)O)=C(C(F)(F)F)N1. The van der Waals surface area contributed by atoms with Crippen molar-refractivity contribution in [3.05, 3.63) is 56.4 Å². The second-order valence-corrected chi connectivity index (χ2v) is 7.51. The Kier molecular flexibility index (Phi) is 7.88. The second-order valence-electron chi connectivity index (χ2n) is 6.72. The van der Waals surface area contributed by atoms with Gasteiger partial charge < -0.3 is 20.3 Å². The Morgan fingerprint density at radius 3 is 2.34 bits per heavy atom. The summed E-state index contributed by atoms with van der Waals surface area (Å²) in [4.78, 5) is 34.3. The first-order valence-corrected chi connectivity index (χ1v) is 10.2. The molecule has 0 spiro atoms. The number of carboxylic acid groups (broad SMARTS) is 2. The van der Waals surface area contributed by atoms with Crippen molar-refractivity contribution in [3.63, 3.8) is 0 Å². The molecule has 0 bridgehead atoms. The van der Waals surface area contributed by atoms with Crippen LogP contribution < -0.4 is 10.1 Å². The number of hydrogen-bond acceptors (Lipinski definition) is 6. The lowest BCUT2D eigenvalue weighted by atomic mass is 9.79. The summed E-state index contributed by atoms with van der Waals surface area (Å²) in [5.74, 6) is -5.84. The lowest BCUT2D eigenvalue weighted by Gasteiger charge is -2.31. The molecule has 3 N–H and O–H groups in total. The molecule has 0 amide bonds. The molecule has 1 aromatic rings. The number of dihydropyridines is 1. The summed E-state index contributed by atoms with van der Waals surface area (Å²) in [6.45, 7) is 1.12. The summed E-state index contributed by atoms with van der Waals surface area (Å²) in [6, 6.07) is 2.99. The quantitative estimate of drug-likeness (QED) is 0.190. The van der Waals surface area contributed by atoms with Crippen LogP contribution in [0.1, 0.15) is 31.2 Å². The molecule has 0 saturated heterocycles. The normalized spacial score (nSPS) is 16.6. The fraction of sp³-hybridized carbons (Fsp3) is 0.368. The third-order valence-electron chi connectivity index (χ3n) is 4.61. The fourth-order valence-electron chi connectivity index (χ4n) is 3.26. The molecular weight excluding hydrogens is 505 g/mol. The lowest BCUT2D eigenvalue weighted by molar-refractivity contribution is -0.384. The van der Waals surface area contributed by atoms with Gasteiger partial charge in [-0.1, -0.05) is 15.9 Å². The van der Waals surface area contributed by atoms with Crippen LogP contribution in [-0.2, 0) is 9.59 Å². The van der Waals surface area contributed by atoms with Gasteiger partial charge in [0.2, 0.25) is 0 Å². The lowest BCUT2D eigenvalue weighted by Crippen LogP contribution is -2.37. The van der Waals surface area contributed by atoms with E-state index in [4.69, 9.17) is 4.74 Å². The van der Waals surface area contributed by atoms with E-state index in [1.165, 1.54) is 0 Å². The molecule has 1 heterocycles. The van der Waals surface area contributed by atoms with Crippen LogP contribution in [0.25, 0.3) is 0 Å². The van der Waals surface area contributed by atoms with Gasteiger partial charge in [0.25, 0.3) is 5.69 Å². The number of nitrogens with zero attached hydrogens (tertiary/aromatic N) is 1. The van der Waals surface area contributed by atoms with Crippen molar-refractivity contribution in [2.24, 2.45) is 0 Å². The average Bonchev–Trinajstić information content (AvgIpc) is 2.69. The molecule has 0 aromatic heterocycles. The van der Waals surface area contributed by atoms with Gasteiger partial charge in [-0.15, -0.1) is 0 Å². The molecule has 174 valence electrons. The number of benzene rings is 1. The van der Waals surface area contributed by atoms with E-state index >= 15 is 0 Å². The highest BCUT2D eigenvalue weighted by atomic mass is 79.9. The molecule has 1 aliphatic heterocycles. The van der Waals surface area contributed by atoms with Gasteiger partial charge in [0.05, 0.1) is 28.6 Å². The van der Waals surface area contributed by atoms with Crippen molar-refractivity contribution in [1.82, 2.24) is 5.32 Å². The van der Waals surface area contributed by atoms with Gasteiger partial charge in [-0.25, -0.2) is 9.59 Å². The highest BCUT2D eigenvalue weighted by Gasteiger charge is 2.47. The van der Waals surface area contributed by atoms with Crippen molar-refractivity contribution >= 4 is 33.6 Å². The van der Waals surface area contributed by atoms with E-state index in [2.05, 4.69) is 15.9 Å².